The first-order valence-corrected chi connectivity index (χ1v) is 16.8. The number of aliphatic imine (C=N–C) groups is 1. The molecule has 3 aromatic rings. The molecule has 4 heterocycles. The van der Waals surface area contributed by atoms with Gasteiger partial charge in [0.1, 0.15) is 17.4 Å². The van der Waals surface area contributed by atoms with Crippen molar-refractivity contribution in [2.75, 3.05) is 68.9 Å². The van der Waals surface area contributed by atoms with Gasteiger partial charge >= 0.3 is 0 Å². The fourth-order valence-electron chi connectivity index (χ4n) is 4.71. The molecule has 1 saturated heterocycles. The fourth-order valence-corrected chi connectivity index (χ4v) is 8.35. The highest BCUT2D eigenvalue weighted by atomic mass is 32.2. The van der Waals surface area contributed by atoms with Crippen molar-refractivity contribution >= 4 is 54.2 Å². The van der Waals surface area contributed by atoms with E-state index in [9.17, 15) is 21.4 Å². The van der Waals surface area contributed by atoms with Gasteiger partial charge in [-0.25, -0.2) is 13.8 Å². The summed E-state index contributed by atoms with van der Waals surface area (Å²) in [6, 6.07) is 9.31. The first-order valence-electron chi connectivity index (χ1n) is 13.0. The molecule has 41 heavy (non-hydrogen) atoms. The Bertz CT molecular complexity index is 1510. The van der Waals surface area contributed by atoms with Crippen LogP contribution in [0.1, 0.15) is 5.69 Å². The Balaban J connectivity index is 1.49. The minimum atomic E-state index is -4.44. The number of sulfonamides is 1. The number of pyridine rings is 1. The Morgan fingerprint density at radius 1 is 1.22 bits per heavy atom. The number of nitrogens with zero attached hydrogens (tertiary/aromatic N) is 4. The molecule has 2 aromatic heterocycles. The van der Waals surface area contributed by atoms with Gasteiger partial charge in [0.2, 0.25) is 0 Å². The molecule has 15 heteroatoms. The third-order valence-corrected chi connectivity index (χ3v) is 10.9. The summed E-state index contributed by atoms with van der Waals surface area (Å²) in [4.78, 5) is 14.2. The molecule has 0 spiro atoms. The molecule has 5 rings (SSSR count). The smallest absolute Gasteiger partial charge is 0.282 e. The van der Waals surface area contributed by atoms with Crippen LogP contribution in [0, 0.1) is 0 Å². The van der Waals surface area contributed by atoms with Crippen LogP contribution < -0.4 is 9.04 Å². The predicted octanol–water partition coefficient (Wildman–Crippen LogP) is 2.97. The largest absolute Gasteiger partial charge is 0.491 e. The van der Waals surface area contributed by atoms with Crippen LogP contribution in [0.25, 0.3) is 10.9 Å². The number of aromatic amines is 1. The van der Waals surface area contributed by atoms with Crippen LogP contribution in [0.15, 0.2) is 52.6 Å². The number of nitrogens with one attached hydrogen (secondary N) is 1. The average molecular weight is 628 g/mol. The van der Waals surface area contributed by atoms with Crippen LogP contribution in [0.5, 0.6) is 5.75 Å². The first kappa shape index (κ1) is 29.9. The summed E-state index contributed by atoms with van der Waals surface area (Å²) >= 11 is 1.61. The molecule has 0 amide bonds. The van der Waals surface area contributed by atoms with Crippen molar-refractivity contribution in [3.8, 4) is 5.75 Å². The number of thioether (sulfide) groups is 1. The van der Waals surface area contributed by atoms with E-state index in [4.69, 9.17) is 14.5 Å². The van der Waals surface area contributed by atoms with E-state index >= 15 is 0 Å². The molecule has 1 fully saturated rings. The quantitative estimate of drug-likeness (QED) is 0.305. The number of methoxy groups -OCH3 is 1. The lowest BCUT2D eigenvalue weighted by atomic mass is 10.2. The van der Waals surface area contributed by atoms with Gasteiger partial charge in [-0.2, -0.15) is 8.42 Å². The van der Waals surface area contributed by atoms with Crippen molar-refractivity contribution < 1.29 is 30.9 Å². The third-order valence-electron chi connectivity index (χ3n) is 6.68. The van der Waals surface area contributed by atoms with Crippen molar-refractivity contribution in [2.45, 2.75) is 16.7 Å². The predicted molar refractivity (Wildman–Crippen MR) is 158 cm³/mol. The van der Waals surface area contributed by atoms with Gasteiger partial charge in [-0.1, -0.05) is 17.8 Å². The van der Waals surface area contributed by atoms with Gasteiger partial charge in [0.05, 0.1) is 36.6 Å². The minimum absolute atomic E-state index is 0.0218. The van der Waals surface area contributed by atoms with Gasteiger partial charge in [0, 0.05) is 71.9 Å². The fraction of sp³-hybridized carbons (Fsp3) is 0.462. The number of benzene rings is 1. The number of fused-ring (bicyclic) bond motifs is 1. The lowest BCUT2D eigenvalue weighted by Gasteiger charge is -2.27. The summed E-state index contributed by atoms with van der Waals surface area (Å²) in [5, 5.41) is 1.22. The highest BCUT2D eigenvalue weighted by Gasteiger charge is 2.32. The molecular formula is C26H31F2N5O5S3. The molecule has 10 nitrogen and oxygen atoms in total. The van der Waals surface area contributed by atoms with Crippen LogP contribution >= 0.6 is 11.8 Å². The van der Waals surface area contributed by atoms with Gasteiger partial charge in [0.25, 0.3) is 16.4 Å². The SMILES string of the molecule is COCCOc1cc(N(CC(F)F)S(=O)(=O)c2ccccn2)c2[nH]c(C3=NCC(CN4CCS(=O)CC4)S3)cc2c1. The van der Waals surface area contributed by atoms with Crippen molar-refractivity contribution in [2.24, 2.45) is 4.99 Å². The normalized spacial score (nSPS) is 18.7. The van der Waals surface area contributed by atoms with E-state index in [1.54, 1.807) is 23.9 Å². The second-order valence-corrected chi connectivity index (χ2v) is 14.4. The molecule has 1 N–H and O–H groups in total. The number of H-pyrrole nitrogens is 1. The van der Waals surface area contributed by atoms with Crippen LogP contribution in [-0.2, 0) is 25.6 Å². The Kier molecular flexibility index (Phi) is 9.59. The Morgan fingerprint density at radius 3 is 2.73 bits per heavy atom. The zero-order valence-corrected chi connectivity index (χ0v) is 24.8. The number of ether oxygens (including phenoxy) is 2. The number of anilines is 1. The van der Waals surface area contributed by atoms with E-state index in [2.05, 4.69) is 14.9 Å². The molecule has 0 aliphatic carbocycles. The summed E-state index contributed by atoms with van der Waals surface area (Å²) in [5.41, 5.74) is 1.05. The maximum Gasteiger partial charge on any atom is 0.282 e. The molecule has 1 atom stereocenters. The number of alkyl halides is 2. The van der Waals surface area contributed by atoms with Crippen LogP contribution in [0.4, 0.5) is 14.5 Å². The number of rotatable bonds is 12. The van der Waals surface area contributed by atoms with E-state index in [0.717, 1.165) is 24.7 Å². The first-order chi connectivity index (χ1) is 19.7. The van der Waals surface area contributed by atoms with Crippen molar-refractivity contribution in [1.82, 2.24) is 14.9 Å². The summed E-state index contributed by atoms with van der Waals surface area (Å²) in [6.07, 6.45) is -1.64. The Morgan fingerprint density at radius 2 is 2.02 bits per heavy atom. The van der Waals surface area contributed by atoms with Gasteiger partial charge in [-0.05, 0) is 24.3 Å². The third kappa shape index (κ3) is 7.08. The zero-order valence-electron chi connectivity index (χ0n) is 22.4. The highest BCUT2D eigenvalue weighted by molar-refractivity contribution is 8.15. The number of hydrogen-bond acceptors (Lipinski definition) is 9. The maximum absolute atomic E-state index is 13.8. The number of hydrogen-bond donors (Lipinski definition) is 1. The van der Waals surface area contributed by atoms with Crippen molar-refractivity contribution in [3.05, 3.63) is 48.3 Å². The van der Waals surface area contributed by atoms with Crippen LogP contribution in [0.3, 0.4) is 0 Å². The number of aromatic nitrogens is 2. The van der Waals surface area contributed by atoms with E-state index < -0.39 is 33.8 Å². The molecule has 222 valence electrons. The summed E-state index contributed by atoms with van der Waals surface area (Å²) in [6.45, 7) is 2.44. The molecular weight excluding hydrogens is 597 g/mol. The van der Waals surface area contributed by atoms with Crippen LogP contribution in [-0.4, -0.2) is 109 Å². The lowest BCUT2D eigenvalue weighted by Crippen LogP contribution is -2.41. The second kappa shape index (κ2) is 13.2. The minimum Gasteiger partial charge on any atom is -0.491 e. The van der Waals surface area contributed by atoms with E-state index in [-0.39, 0.29) is 22.6 Å². The molecule has 1 unspecified atom stereocenters. The van der Waals surface area contributed by atoms with E-state index in [1.807, 2.05) is 6.07 Å². The molecule has 1 aromatic carbocycles. The molecule has 0 radical (unpaired) electrons. The monoisotopic (exact) mass is 627 g/mol. The standard InChI is InChI=1S/C26H31F2N5O5S3/c1-37-8-9-38-19-12-18-13-21(26-30-15-20(39-26)16-32-6-10-40(34)11-7-32)31-25(18)22(14-19)33(17-23(27)28)41(35,36)24-4-2-3-5-29-24/h2-5,12-14,20,23,31H,6-11,15-17H2,1H3. The molecule has 2 aliphatic rings. The van der Waals surface area contributed by atoms with Crippen molar-refractivity contribution in [3.63, 3.8) is 0 Å². The van der Waals surface area contributed by atoms with Crippen LogP contribution in [0.2, 0.25) is 0 Å². The van der Waals surface area contributed by atoms with E-state index in [0.29, 0.717) is 51.3 Å². The molecule has 0 bridgehead atoms. The Labute approximate surface area is 244 Å². The number of halogens is 2. The average Bonchev–Trinajstić information content (AvgIpc) is 3.60. The van der Waals surface area contributed by atoms with Gasteiger partial charge in [0.15, 0.2) is 5.03 Å². The topological polar surface area (TPSA) is 117 Å². The Hall–Kier alpha value is -2.59. The van der Waals surface area contributed by atoms with Gasteiger partial charge < -0.3 is 19.4 Å². The van der Waals surface area contributed by atoms with Gasteiger partial charge in [-0.3, -0.25) is 13.5 Å². The summed E-state index contributed by atoms with van der Waals surface area (Å²) in [7, 11) is -3.66. The molecule has 0 saturated carbocycles. The second-order valence-electron chi connectivity index (χ2n) is 9.56. The highest BCUT2D eigenvalue weighted by Crippen LogP contribution is 2.37. The van der Waals surface area contributed by atoms with Crippen molar-refractivity contribution in [1.29, 1.82) is 0 Å². The summed E-state index contributed by atoms with van der Waals surface area (Å²) in [5.74, 6) is 1.68. The van der Waals surface area contributed by atoms with Gasteiger partial charge in [-0.15, -0.1) is 0 Å². The lowest BCUT2D eigenvalue weighted by molar-refractivity contribution is 0.146. The molecule has 2 aliphatic heterocycles. The summed E-state index contributed by atoms with van der Waals surface area (Å²) < 4.78 is 78.1. The van der Waals surface area contributed by atoms with E-state index in [1.165, 1.54) is 31.5 Å². The zero-order chi connectivity index (χ0) is 29.0. The maximum atomic E-state index is 13.8.